The Labute approximate surface area is 88.9 Å². The Hall–Kier alpha value is -0.500. The van der Waals surface area contributed by atoms with Crippen molar-refractivity contribution in [1.29, 1.82) is 0 Å². The van der Waals surface area contributed by atoms with E-state index in [0.29, 0.717) is 0 Å². The Morgan fingerprint density at radius 2 is 2.29 bits per heavy atom. The number of rotatable bonds is 3. The number of ether oxygens (including phenoxy) is 1. The molecule has 1 aliphatic rings. The number of hydrogen-bond acceptors (Lipinski definition) is 2. The third-order valence-electron chi connectivity index (χ3n) is 2.30. The average Bonchev–Trinajstić information content (AvgIpc) is 2.15. The Bertz CT molecular complexity index is 128. The van der Waals surface area contributed by atoms with E-state index in [1.165, 1.54) is 32.2 Å². The maximum absolute atomic E-state index is 4.75. The second-order valence-electron chi connectivity index (χ2n) is 4.05. The third-order valence-corrected chi connectivity index (χ3v) is 2.30. The van der Waals surface area contributed by atoms with E-state index in [1.807, 2.05) is 0 Å². The Morgan fingerprint density at radius 1 is 1.57 bits per heavy atom. The Kier molecular flexibility index (Phi) is 8.75. The van der Waals surface area contributed by atoms with Gasteiger partial charge in [-0.15, -0.1) is 0 Å². The molecular formula is C12H25NO. The van der Waals surface area contributed by atoms with Gasteiger partial charge in [-0.25, -0.2) is 0 Å². The lowest BCUT2D eigenvalue weighted by Gasteiger charge is -2.26. The highest BCUT2D eigenvalue weighted by Crippen LogP contribution is 2.12. The molecule has 0 bridgehead atoms. The molecule has 1 unspecified atom stereocenters. The molecule has 1 aliphatic heterocycles. The van der Waals surface area contributed by atoms with Gasteiger partial charge in [0, 0.05) is 6.54 Å². The molecule has 1 fully saturated rings. The smallest absolute Gasteiger partial charge is 0.0870 e. The van der Waals surface area contributed by atoms with Crippen LogP contribution in [0.4, 0.5) is 0 Å². The van der Waals surface area contributed by atoms with E-state index in [4.69, 9.17) is 4.74 Å². The third kappa shape index (κ3) is 8.11. The first-order valence-corrected chi connectivity index (χ1v) is 5.61. The largest absolute Gasteiger partial charge is 0.502 e. The summed E-state index contributed by atoms with van der Waals surface area (Å²) in [5.74, 6) is 0.939. The minimum Gasteiger partial charge on any atom is -0.502 e. The van der Waals surface area contributed by atoms with Gasteiger partial charge >= 0.3 is 0 Å². The fourth-order valence-electron chi connectivity index (χ4n) is 1.63. The molecule has 1 heterocycles. The van der Waals surface area contributed by atoms with E-state index >= 15 is 0 Å². The van der Waals surface area contributed by atoms with Gasteiger partial charge in [0.25, 0.3) is 0 Å². The van der Waals surface area contributed by atoms with Crippen molar-refractivity contribution in [2.75, 3.05) is 26.7 Å². The summed E-state index contributed by atoms with van der Waals surface area (Å²) >= 11 is 0. The number of hydrogen-bond donors (Lipinski definition) is 0. The number of nitrogens with zero attached hydrogens (tertiary/aromatic N) is 1. The molecule has 0 aromatic carbocycles. The summed E-state index contributed by atoms with van der Waals surface area (Å²) < 4.78 is 4.75. The fourth-order valence-corrected chi connectivity index (χ4v) is 1.63. The summed E-state index contributed by atoms with van der Waals surface area (Å²) in [5.41, 5.74) is 0. The first-order valence-electron chi connectivity index (χ1n) is 5.61. The topological polar surface area (TPSA) is 12.5 Å². The molecule has 0 saturated carbocycles. The van der Waals surface area contributed by atoms with Crippen molar-refractivity contribution in [3.63, 3.8) is 0 Å². The predicted molar refractivity (Wildman–Crippen MR) is 62.3 cm³/mol. The molecule has 2 nitrogen and oxygen atoms in total. The molecule has 84 valence electrons. The van der Waals surface area contributed by atoms with Crippen molar-refractivity contribution in [3.05, 3.63) is 12.8 Å². The van der Waals surface area contributed by atoms with Gasteiger partial charge in [-0.3, -0.25) is 0 Å². The van der Waals surface area contributed by atoms with Gasteiger partial charge < -0.3 is 9.64 Å². The Balaban J connectivity index is 0.000000255. The van der Waals surface area contributed by atoms with Crippen LogP contribution >= 0.6 is 0 Å². The molecule has 14 heavy (non-hydrogen) atoms. The van der Waals surface area contributed by atoms with Crippen LogP contribution in [0.2, 0.25) is 0 Å². The van der Waals surface area contributed by atoms with Crippen LogP contribution in [0.3, 0.4) is 0 Å². The maximum atomic E-state index is 4.75. The highest BCUT2D eigenvalue weighted by Gasteiger charge is 2.11. The van der Waals surface area contributed by atoms with Gasteiger partial charge in [-0.1, -0.05) is 20.4 Å². The summed E-state index contributed by atoms with van der Waals surface area (Å²) in [6.07, 6.45) is 5.36. The molecule has 2 heteroatoms. The molecule has 0 aromatic rings. The lowest BCUT2D eigenvalue weighted by atomic mass is 10.0. The van der Waals surface area contributed by atoms with Crippen LogP contribution in [0.5, 0.6) is 0 Å². The molecule has 0 N–H and O–H groups in total. The van der Waals surface area contributed by atoms with E-state index in [0.717, 1.165) is 18.9 Å². The van der Waals surface area contributed by atoms with Crippen LogP contribution in [0.25, 0.3) is 0 Å². The zero-order chi connectivity index (χ0) is 10.8. The zero-order valence-corrected chi connectivity index (χ0v) is 9.96. The highest BCUT2D eigenvalue weighted by atomic mass is 16.5. The van der Waals surface area contributed by atoms with Crippen LogP contribution < -0.4 is 0 Å². The second-order valence-corrected chi connectivity index (χ2v) is 4.05. The van der Waals surface area contributed by atoms with Crippen LogP contribution in [-0.2, 0) is 4.74 Å². The summed E-state index contributed by atoms with van der Waals surface area (Å²) in [6.45, 7) is 11.2. The van der Waals surface area contributed by atoms with Crippen molar-refractivity contribution in [3.8, 4) is 0 Å². The van der Waals surface area contributed by atoms with Crippen molar-refractivity contribution < 1.29 is 4.74 Å². The van der Waals surface area contributed by atoms with Gasteiger partial charge in [0.05, 0.1) is 12.9 Å². The van der Waals surface area contributed by atoms with Crippen molar-refractivity contribution in [1.82, 2.24) is 4.90 Å². The lowest BCUT2D eigenvalue weighted by molar-refractivity contribution is 0.221. The zero-order valence-electron chi connectivity index (χ0n) is 9.96. The summed E-state index contributed by atoms with van der Waals surface area (Å²) in [5, 5.41) is 0. The normalized spacial score (nSPS) is 22.1. The maximum Gasteiger partial charge on any atom is 0.0870 e. The molecule has 1 saturated heterocycles. The van der Waals surface area contributed by atoms with E-state index < -0.39 is 0 Å². The summed E-state index contributed by atoms with van der Waals surface area (Å²) in [4.78, 5) is 2.41. The molecule has 1 rings (SSSR count). The van der Waals surface area contributed by atoms with Gasteiger partial charge in [0.1, 0.15) is 0 Å². The summed E-state index contributed by atoms with van der Waals surface area (Å²) in [7, 11) is 2.20. The van der Waals surface area contributed by atoms with E-state index in [2.05, 4.69) is 32.4 Å². The van der Waals surface area contributed by atoms with Crippen molar-refractivity contribution in [2.24, 2.45) is 5.92 Å². The van der Waals surface area contributed by atoms with Crippen molar-refractivity contribution in [2.45, 2.75) is 33.1 Å². The molecule has 0 aliphatic carbocycles. The predicted octanol–water partition coefficient (Wildman–Crippen LogP) is 2.90. The van der Waals surface area contributed by atoms with E-state index in [9.17, 15) is 0 Å². The molecular weight excluding hydrogens is 174 g/mol. The highest BCUT2D eigenvalue weighted by molar-refractivity contribution is 4.65. The van der Waals surface area contributed by atoms with Crippen LogP contribution in [0, 0.1) is 5.92 Å². The van der Waals surface area contributed by atoms with Gasteiger partial charge in [0.15, 0.2) is 0 Å². The molecule has 0 radical (unpaired) electrons. The second kappa shape index (κ2) is 9.07. The van der Waals surface area contributed by atoms with Crippen LogP contribution in [-0.4, -0.2) is 31.6 Å². The van der Waals surface area contributed by atoms with Gasteiger partial charge in [-0.2, -0.15) is 0 Å². The molecule has 0 amide bonds. The first kappa shape index (κ1) is 13.5. The number of piperidine rings is 1. The minimum absolute atomic E-state index is 0.795. The SMILES string of the molecule is C=COCCC.CC1CCCN(C)C1. The quantitative estimate of drug-likeness (QED) is 0.512. The van der Waals surface area contributed by atoms with E-state index in [-0.39, 0.29) is 0 Å². The summed E-state index contributed by atoms with van der Waals surface area (Å²) in [6, 6.07) is 0. The molecule has 0 aromatic heterocycles. The van der Waals surface area contributed by atoms with Gasteiger partial charge in [-0.05, 0) is 38.8 Å². The molecule has 1 atom stereocenters. The van der Waals surface area contributed by atoms with Crippen LogP contribution in [0.1, 0.15) is 33.1 Å². The fraction of sp³-hybridized carbons (Fsp3) is 0.833. The number of likely N-dealkylation sites (tertiary alicyclic amines) is 1. The van der Waals surface area contributed by atoms with Crippen molar-refractivity contribution >= 4 is 0 Å². The standard InChI is InChI=1S/C7H15N.C5H10O/c1-7-4-3-5-8(2)6-7;1-3-5-6-4-2/h7H,3-6H2,1-2H3;4H,2-3,5H2,1H3. The average molecular weight is 199 g/mol. The first-order chi connectivity index (χ1) is 6.70. The Morgan fingerprint density at radius 3 is 2.57 bits per heavy atom. The minimum atomic E-state index is 0.795. The monoisotopic (exact) mass is 199 g/mol. The van der Waals surface area contributed by atoms with Crippen LogP contribution in [0.15, 0.2) is 12.8 Å². The lowest BCUT2D eigenvalue weighted by Crippen LogP contribution is -2.30. The molecule has 0 spiro atoms. The van der Waals surface area contributed by atoms with Gasteiger partial charge in [0.2, 0.25) is 0 Å². The van der Waals surface area contributed by atoms with E-state index in [1.54, 1.807) is 0 Å².